The molecule has 1 unspecified atom stereocenters. The molecule has 0 aliphatic rings. The fourth-order valence-corrected chi connectivity index (χ4v) is 2.54. The Morgan fingerprint density at radius 1 is 0.852 bits per heavy atom. The van der Waals surface area contributed by atoms with E-state index in [0.717, 1.165) is 51.4 Å². The van der Waals surface area contributed by atoms with Crippen molar-refractivity contribution in [1.29, 1.82) is 0 Å². The Labute approximate surface area is 164 Å². The van der Waals surface area contributed by atoms with Crippen LogP contribution < -0.4 is 0 Å². The molecule has 0 heterocycles. The van der Waals surface area contributed by atoms with Gasteiger partial charge in [0, 0.05) is 6.42 Å². The van der Waals surface area contributed by atoms with E-state index in [2.05, 4.69) is 43.4 Å². The van der Waals surface area contributed by atoms with E-state index in [4.69, 9.17) is 20.1 Å². The first-order valence-electron chi connectivity index (χ1n) is 10.2. The van der Waals surface area contributed by atoms with Crippen LogP contribution >= 0.6 is 0 Å². The summed E-state index contributed by atoms with van der Waals surface area (Å²) in [7, 11) is 0. The van der Waals surface area contributed by atoms with Crippen LogP contribution in [0, 0.1) is 0 Å². The van der Waals surface area contributed by atoms with Gasteiger partial charge in [0.05, 0.1) is 0 Å². The smallest absolute Gasteiger partial charge is 0.314 e. The molecular weight excluding hydrogens is 344 g/mol. The van der Waals surface area contributed by atoms with Crippen molar-refractivity contribution in [2.24, 2.45) is 0 Å². The highest BCUT2D eigenvalue weighted by Crippen LogP contribution is 2.14. The minimum Gasteiger partial charge on any atom is -0.454 e. The normalized spacial score (nSPS) is 13.8. The third-order valence-electron chi connectivity index (χ3n) is 4.11. The monoisotopic (exact) mass is 382 g/mol. The van der Waals surface area contributed by atoms with Crippen molar-refractivity contribution in [3.8, 4) is 0 Å². The highest BCUT2D eigenvalue weighted by Gasteiger charge is 2.33. The minimum absolute atomic E-state index is 0.133. The lowest BCUT2D eigenvalue weighted by Crippen LogP contribution is -2.44. The maximum absolute atomic E-state index is 11.6. The van der Waals surface area contributed by atoms with E-state index >= 15 is 0 Å². The van der Waals surface area contributed by atoms with Gasteiger partial charge in [-0.25, -0.2) is 0 Å². The largest absolute Gasteiger partial charge is 0.454 e. The molecule has 0 aliphatic heterocycles. The van der Waals surface area contributed by atoms with Crippen LogP contribution in [0.25, 0.3) is 0 Å². The van der Waals surface area contributed by atoms with Gasteiger partial charge in [0.2, 0.25) is 0 Å². The van der Waals surface area contributed by atoms with Crippen molar-refractivity contribution in [3.63, 3.8) is 0 Å². The van der Waals surface area contributed by atoms with Gasteiger partial charge >= 0.3 is 11.9 Å². The molecule has 0 bridgehead atoms. The molecule has 5 nitrogen and oxygen atoms in total. The van der Waals surface area contributed by atoms with E-state index in [9.17, 15) is 4.79 Å². The molecule has 0 radical (unpaired) electrons. The second-order valence-corrected chi connectivity index (χ2v) is 6.67. The van der Waals surface area contributed by atoms with Gasteiger partial charge in [0.15, 0.2) is 6.10 Å². The average molecular weight is 383 g/mol. The van der Waals surface area contributed by atoms with E-state index in [-0.39, 0.29) is 12.8 Å². The van der Waals surface area contributed by atoms with Gasteiger partial charge < -0.3 is 20.1 Å². The average Bonchev–Trinajstić information content (AvgIpc) is 2.62. The fourth-order valence-electron chi connectivity index (χ4n) is 2.54. The third-order valence-corrected chi connectivity index (χ3v) is 4.11. The molecule has 0 saturated heterocycles. The summed E-state index contributed by atoms with van der Waals surface area (Å²) in [4.78, 5) is 11.6. The molecule has 0 saturated carbocycles. The van der Waals surface area contributed by atoms with Crippen molar-refractivity contribution in [3.05, 3.63) is 36.5 Å². The summed E-state index contributed by atoms with van der Waals surface area (Å²) in [5, 5.41) is 27.2. The number of unbranched alkanes of at least 4 members (excludes halogenated alkanes) is 5. The van der Waals surface area contributed by atoms with Gasteiger partial charge in [-0.3, -0.25) is 4.79 Å². The van der Waals surface area contributed by atoms with Crippen LogP contribution in [0.2, 0.25) is 0 Å². The van der Waals surface area contributed by atoms with Crippen molar-refractivity contribution in [2.75, 3.05) is 0 Å². The van der Waals surface area contributed by atoms with Gasteiger partial charge in [-0.2, -0.15) is 0 Å². The van der Waals surface area contributed by atoms with E-state index in [1.165, 1.54) is 0 Å². The van der Waals surface area contributed by atoms with Crippen molar-refractivity contribution in [2.45, 2.75) is 96.6 Å². The Morgan fingerprint density at radius 3 is 2.00 bits per heavy atom. The highest BCUT2D eigenvalue weighted by molar-refractivity contribution is 5.69. The number of carbonyl (C=O) groups is 1. The molecule has 27 heavy (non-hydrogen) atoms. The fraction of sp³-hybridized carbons (Fsp3) is 0.682. The predicted octanol–water partition coefficient (Wildman–Crippen LogP) is 4.53. The maximum Gasteiger partial charge on any atom is 0.314 e. The zero-order valence-electron chi connectivity index (χ0n) is 17.0. The summed E-state index contributed by atoms with van der Waals surface area (Å²) in [6.07, 6.45) is 21.3. The zero-order chi connectivity index (χ0) is 20.4. The van der Waals surface area contributed by atoms with Gasteiger partial charge in [-0.05, 0) is 44.9 Å². The summed E-state index contributed by atoms with van der Waals surface area (Å²) >= 11 is 0. The van der Waals surface area contributed by atoms with Crippen LogP contribution in [0.1, 0.15) is 84.5 Å². The summed E-state index contributed by atoms with van der Waals surface area (Å²) in [6, 6.07) is 0. The molecule has 0 amide bonds. The summed E-state index contributed by atoms with van der Waals surface area (Å²) in [5.41, 5.74) is 0. The molecule has 0 aromatic rings. The van der Waals surface area contributed by atoms with E-state index in [1.807, 2.05) is 0 Å². The first kappa shape index (κ1) is 25.6. The number of esters is 1. The minimum atomic E-state index is -2.97. The Hall–Kier alpha value is -1.43. The molecule has 0 rings (SSSR count). The van der Waals surface area contributed by atoms with E-state index in [0.29, 0.717) is 6.42 Å². The number of ether oxygens (including phenoxy) is 1. The number of hydrogen-bond donors (Lipinski definition) is 3. The standard InChI is InChI=1S/C22H38O5/c1-3-5-6-7-8-9-10-11-12-13-14-15-16-17-18-19-21(23)27-20(4-2)22(24,25)26/h5-6,8-9,11-12,20,24-26H,3-4,7,10,13-19H2,1-2H3/b6-5-,9-8-,12-11-. The van der Waals surface area contributed by atoms with Crippen molar-refractivity contribution >= 4 is 5.97 Å². The molecule has 0 spiro atoms. The van der Waals surface area contributed by atoms with Gasteiger partial charge in [-0.1, -0.05) is 69.6 Å². The van der Waals surface area contributed by atoms with Crippen molar-refractivity contribution in [1.82, 2.24) is 0 Å². The van der Waals surface area contributed by atoms with Crippen LogP contribution in [0.4, 0.5) is 0 Å². The summed E-state index contributed by atoms with van der Waals surface area (Å²) < 4.78 is 4.88. The van der Waals surface area contributed by atoms with E-state index < -0.39 is 18.0 Å². The number of hydrogen-bond acceptors (Lipinski definition) is 5. The van der Waals surface area contributed by atoms with Crippen molar-refractivity contribution < 1.29 is 24.9 Å². The first-order chi connectivity index (χ1) is 12.9. The van der Waals surface area contributed by atoms with Gasteiger partial charge in [-0.15, -0.1) is 0 Å². The molecular formula is C22H38O5. The zero-order valence-corrected chi connectivity index (χ0v) is 17.0. The molecule has 156 valence electrons. The van der Waals surface area contributed by atoms with E-state index in [1.54, 1.807) is 6.92 Å². The second kappa shape index (κ2) is 16.7. The van der Waals surface area contributed by atoms with Crippen LogP contribution in [-0.2, 0) is 9.53 Å². The number of carbonyl (C=O) groups excluding carboxylic acids is 1. The maximum atomic E-state index is 11.6. The lowest BCUT2D eigenvalue weighted by Gasteiger charge is -2.24. The summed E-state index contributed by atoms with van der Waals surface area (Å²) in [6.45, 7) is 3.74. The number of allylic oxidation sites excluding steroid dienone is 6. The van der Waals surface area contributed by atoms with Gasteiger partial charge in [0.25, 0.3) is 0 Å². The number of rotatable bonds is 16. The van der Waals surface area contributed by atoms with Crippen LogP contribution in [0.3, 0.4) is 0 Å². The molecule has 3 N–H and O–H groups in total. The van der Waals surface area contributed by atoms with Crippen LogP contribution in [0.5, 0.6) is 0 Å². The Bertz CT molecular complexity index is 446. The lowest BCUT2D eigenvalue weighted by atomic mass is 10.1. The Morgan fingerprint density at radius 2 is 1.41 bits per heavy atom. The Kier molecular flexibility index (Phi) is 15.8. The first-order valence-corrected chi connectivity index (χ1v) is 10.2. The molecule has 5 heteroatoms. The topological polar surface area (TPSA) is 87.0 Å². The number of aliphatic hydroxyl groups is 3. The van der Waals surface area contributed by atoms with Crippen LogP contribution in [-0.4, -0.2) is 33.4 Å². The van der Waals surface area contributed by atoms with Gasteiger partial charge in [0.1, 0.15) is 0 Å². The lowest BCUT2D eigenvalue weighted by molar-refractivity contribution is -0.356. The molecule has 0 fully saturated rings. The molecule has 0 aromatic heterocycles. The molecule has 0 aromatic carbocycles. The quantitative estimate of drug-likeness (QED) is 0.158. The van der Waals surface area contributed by atoms with Crippen LogP contribution in [0.15, 0.2) is 36.5 Å². The third kappa shape index (κ3) is 16.5. The highest BCUT2D eigenvalue weighted by atomic mass is 16.7. The molecule has 0 aliphatic carbocycles. The predicted molar refractivity (Wildman–Crippen MR) is 109 cm³/mol. The SMILES string of the molecule is CC/C=C\C/C=C\C/C=C\CCCCCCCC(=O)OC(CC)C(O)(O)O. The Balaban J connectivity index is 3.55. The second-order valence-electron chi connectivity index (χ2n) is 6.67. The molecule has 1 atom stereocenters. The summed E-state index contributed by atoms with van der Waals surface area (Å²) in [5.74, 6) is -3.48.